The summed E-state index contributed by atoms with van der Waals surface area (Å²) < 4.78 is 26.4. The van der Waals surface area contributed by atoms with E-state index >= 15 is 0 Å². The van der Waals surface area contributed by atoms with Crippen molar-refractivity contribution >= 4 is 51.0 Å². The second-order valence-electron chi connectivity index (χ2n) is 8.18. The predicted octanol–water partition coefficient (Wildman–Crippen LogP) is 0.00910. The molecule has 0 unspecified atom stereocenters. The zero-order valence-corrected chi connectivity index (χ0v) is 21.7. The van der Waals surface area contributed by atoms with Crippen molar-refractivity contribution in [2.24, 2.45) is 16.5 Å². The molecule has 2 aromatic rings. The van der Waals surface area contributed by atoms with Gasteiger partial charge in [-0.05, 0) is 24.5 Å². The number of carbonyl (C=O) groups excluding carboxylic acids is 3. The van der Waals surface area contributed by atoms with Gasteiger partial charge < -0.3 is 21.7 Å². The van der Waals surface area contributed by atoms with Crippen molar-refractivity contribution < 1.29 is 22.8 Å². The van der Waals surface area contributed by atoms with Crippen molar-refractivity contribution in [3.63, 3.8) is 0 Å². The summed E-state index contributed by atoms with van der Waals surface area (Å²) in [4.78, 5) is 47.4. The van der Waals surface area contributed by atoms with Gasteiger partial charge in [0, 0.05) is 36.6 Å². The molecule has 0 saturated carbocycles. The Bertz CT molecular complexity index is 1240. The second-order valence-corrected chi connectivity index (χ2v) is 10.9. The van der Waals surface area contributed by atoms with Crippen molar-refractivity contribution in [2.45, 2.75) is 18.9 Å². The molecule has 5 N–H and O–H groups in total. The van der Waals surface area contributed by atoms with E-state index in [9.17, 15) is 22.8 Å². The molecule has 2 amide bonds. The highest BCUT2D eigenvalue weighted by Gasteiger charge is 2.32. The van der Waals surface area contributed by atoms with Crippen LogP contribution in [0.2, 0.25) is 0 Å². The summed E-state index contributed by atoms with van der Waals surface area (Å²) in [5.74, 6) is -1.46. The molecule has 0 bridgehead atoms. The first-order chi connectivity index (χ1) is 17.7. The number of thiazole rings is 1. The lowest BCUT2D eigenvalue weighted by atomic mass is 10.1. The molecule has 1 aliphatic heterocycles. The number of aromatic nitrogens is 1. The lowest BCUT2D eigenvalue weighted by Gasteiger charge is -2.32. The number of Topliss-reactive ketones (excluding diaryl/α,β-unsaturated/α-hetero) is 1. The molecule has 198 valence electrons. The first-order valence-electron chi connectivity index (χ1n) is 11.5. The number of ketones is 1. The maximum atomic E-state index is 12.8. The number of hydrogen-bond acceptors (Lipinski definition) is 8. The molecule has 14 heteroatoms. The number of amides is 2. The van der Waals surface area contributed by atoms with Gasteiger partial charge in [-0.3, -0.25) is 19.4 Å². The third kappa shape index (κ3) is 8.48. The topological polar surface area (TPSA) is 181 Å². The molecular weight excluding hydrogens is 518 g/mol. The Balaban J connectivity index is 1.57. The molecule has 12 nitrogen and oxygen atoms in total. The molecule has 0 radical (unpaired) electrons. The van der Waals surface area contributed by atoms with E-state index in [1.54, 1.807) is 29.6 Å². The Kier molecular flexibility index (Phi) is 9.88. The number of aliphatic imine (C=N–C) groups is 1. The third-order valence-electron chi connectivity index (χ3n) is 5.45. The number of rotatable bonds is 12. The van der Waals surface area contributed by atoms with Gasteiger partial charge in [0.25, 0.3) is 0 Å². The van der Waals surface area contributed by atoms with E-state index in [2.05, 4.69) is 15.3 Å². The lowest BCUT2D eigenvalue weighted by Crippen LogP contribution is -2.55. The van der Waals surface area contributed by atoms with Gasteiger partial charge in [0.05, 0.1) is 19.1 Å². The lowest BCUT2D eigenvalue weighted by molar-refractivity contribution is -0.138. The Morgan fingerprint density at radius 1 is 1.22 bits per heavy atom. The van der Waals surface area contributed by atoms with E-state index in [-0.39, 0.29) is 55.9 Å². The van der Waals surface area contributed by atoms with E-state index in [1.807, 2.05) is 6.07 Å². The molecule has 0 spiro atoms. The highest BCUT2D eigenvalue weighted by Crippen LogP contribution is 2.14. The van der Waals surface area contributed by atoms with Gasteiger partial charge in [0.15, 0.2) is 11.0 Å². The van der Waals surface area contributed by atoms with Crippen LogP contribution in [-0.4, -0.2) is 84.9 Å². The number of nitrogens with zero attached hydrogens (tertiary/aromatic N) is 4. The van der Waals surface area contributed by atoms with Crippen LogP contribution in [-0.2, 0) is 19.6 Å². The maximum Gasteiger partial charge on any atom is 0.240 e. The van der Waals surface area contributed by atoms with Gasteiger partial charge in [-0.2, -0.15) is 4.31 Å². The van der Waals surface area contributed by atoms with E-state index in [0.29, 0.717) is 12.0 Å². The first kappa shape index (κ1) is 28.0. The standard InChI is InChI=1S/C23H29N7O5S2/c24-23(25)27-9-4-7-18(21(33)22-26-10-13-36-22)28-19(31)15-29-11-12-30(16-20(29)32)37(34,35)14-8-17-5-2-1-3-6-17/h1-3,5-6,8,10,13-14,18H,4,7,9,11-12,15-16H2,(H,28,31)(H4,24,25,27)/t18-/m0/s1. The van der Waals surface area contributed by atoms with Crippen LogP contribution >= 0.6 is 11.3 Å². The van der Waals surface area contributed by atoms with Crippen LogP contribution < -0.4 is 16.8 Å². The van der Waals surface area contributed by atoms with E-state index in [0.717, 1.165) is 21.1 Å². The van der Waals surface area contributed by atoms with E-state index in [4.69, 9.17) is 11.5 Å². The molecule has 1 fully saturated rings. The van der Waals surface area contributed by atoms with E-state index in [1.165, 1.54) is 17.2 Å². The molecule has 1 aromatic heterocycles. The number of nitrogens with two attached hydrogens (primary N) is 2. The van der Waals surface area contributed by atoms with Crippen LogP contribution in [0.25, 0.3) is 6.08 Å². The minimum atomic E-state index is -3.81. The molecular formula is C23H29N7O5S2. The Hall–Kier alpha value is -3.62. The smallest absolute Gasteiger partial charge is 0.240 e. The summed E-state index contributed by atoms with van der Waals surface area (Å²) in [6.07, 6.45) is 3.67. The van der Waals surface area contributed by atoms with Gasteiger partial charge in [-0.1, -0.05) is 30.3 Å². The first-order valence-corrected chi connectivity index (χ1v) is 13.8. The molecule has 1 atom stereocenters. The minimum absolute atomic E-state index is 0.0419. The van der Waals surface area contributed by atoms with Crippen molar-refractivity contribution in [1.29, 1.82) is 0 Å². The van der Waals surface area contributed by atoms with Gasteiger partial charge >= 0.3 is 0 Å². The van der Waals surface area contributed by atoms with Crippen LogP contribution in [0.1, 0.15) is 28.2 Å². The normalized spacial score (nSPS) is 15.5. The fourth-order valence-corrected chi connectivity index (χ4v) is 5.32. The van der Waals surface area contributed by atoms with Crippen LogP contribution in [0, 0.1) is 0 Å². The monoisotopic (exact) mass is 547 g/mol. The fraction of sp³-hybridized carbons (Fsp3) is 0.348. The SMILES string of the molecule is NC(N)=NCCC[C@H](NC(=O)CN1CCN(S(=O)(=O)C=Cc2ccccc2)CC1=O)C(=O)c1nccs1. The number of carbonyl (C=O) groups is 3. The zero-order chi connectivity index (χ0) is 26.8. The third-order valence-corrected chi connectivity index (χ3v) is 7.75. The highest BCUT2D eigenvalue weighted by atomic mass is 32.2. The zero-order valence-electron chi connectivity index (χ0n) is 20.0. The molecule has 0 aliphatic carbocycles. The number of benzene rings is 1. The Morgan fingerprint density at radius 2 is 1.97 bits per heavy atom. The van der Waals surface area contributed by atoms with Crippen LogP contribution in [0.5, 0.6) is 0 Å². The van der Waals surface area contributed by atoms with Gasteiger partial charge in [-0.25, -0.2) is 13.4 Å². The van der Waals surface area contributed by atoms with Crippen LogP contribution in [0.15, 0.2) is 52.3 Å². The van der Waals surface area contributed by atoms with Crippen molar-refractivity contribution in [2.75, 3.05) is 32.7 Å². The maximum absolute atomic E-state index is 12.8. The number of sulfonamides is 1. The number of hydrogen-bond donors (Lipinski definition) is 3. The average molecular weight is 548 g/mol. The van der Waals surface area contributed by atoms with Crippen LogP contribution in [0.3, 0.4) is 0 Å². The quantitative estimate of drug-likeness (QED) is 0.144. The number of piperazine rings is 1. The van der Waals surface area contributed by atoms with Gasteiger partial charge in [-0.15, -0.1) is 11.3 Å². The highest BCUT2D eigenvalue weighted by molar-refractivity contribution is 7.92. The second kappa shape index (κ2) is 13.1. The number of nitrogens with one attached hydrogen (secondary N) is 1. The Labute approximate surface area is 219 Å². The molecule has 1 aromatic carbocycles. The van der Waals surface area contributed by atoms with Crippen LogP contribution in [0.4, 0.5) is 0 Å². The molecule has 2 heterocycles. The summed E-state index contributed by atoms with van der Waals surface area (Å²) in [5.41, 5.74) is 11.4. The molecule has 1 saturated heterocycles. The van der Waals surface area contributed by atoms with Gasteiger partial charge in [0.1, 0.15) is 0 Å². The largest absolute Gasteiger partial charge is 0.370 e. The minimum Gasteiger partial charge on any atom is -0.370 e. The average Bonchev–Trinajstić information content (AvgIpc) is 3.41. The summed E-state index contributed by atoms with van der Waals surface area (Å²) >= 11 is 1.16. The summed E-state index contributed by atoms with van der Waals surface area (Å²) in [7, 11) is -3.81. The van der Waals surface area contributed by atoms with Crippen molar-refractivity contribution in [1.82, 2.24) is 19.5 Å². The van der Waals surface area contributed by atoms with Crippen molar-refractivity contribution in [3.8, 4) is 0 Å². The molecule has 3 rings (SSSR count). The predicted molar refractivity (Wildman–Crippen MR) is 141 cm³/mol. The molecule has 37 heavy (non-hydrogen) atoms. The summed E-state index contributed by atoms with van der Waals surface area (Å²) in [5, 5.41) is 5.65. The molecule has 1 aliphatic rings. The van der Waals surface area contributed by atoms with E-state index < -0.39 is 27.9 Å². The summed E-state index contributed by atoms with van der Waals surface area (Å²) in [6, 6.07) is 8.07. The van der Waals surface area contributed by atoms with Crippen molar-refractivity contribution in [3.05, 3.63) is 57.9 Å². The fourth-order valence-electron chi connectivity index (χ4n) is 3.57. The summed E-state index contributed by atoms with van der Waals surface area (Å²) in [6.45, 7) is -0.314. The number of guanidine groups is 1. The Morgan fingerprint density at radius 3 is 2.62 bits per heavy atom. The van der Waals surface area contributed by atoms with Gasteiger partial charge in [0.2, 0.25) is 27.6 Å².